The second-order valence-corrected chi connectivity index (χ2v) is 4.56. The number of amides is 1. The van der Waals surface area contributed by atoms with E-state index in [2.05, 4.69) is 0 Å². The van der Waals surface area contributed by atoms with Gasteiger partial charge < -0.3 is 14.7 Å². The standard InChI is InChI=1S/C14H19NO3/c16-8-4-7-13-10-15(14(17)11-18-13)9-12-5-2-1-3-6-12/h1-3,5-6,13,16H,4,7-11H2. The smallest absolute Gasteiger partial charge is 0.248 e. The first-order valence-electron chi connectivity index (χ1n) is 6.34. The fourth-order valence-electron chi connectivity index (χ4n) is 2.13. The Bertz CT molecular complexity index is 380. The molecule has 1 heterocycles. The molecule has 1 aliphatic rings. The van der Waals surface area contributed by atoms with E-state index in [4.69, 9.17) is 9.84 Å². The van der Waals surface area contributed by atoms with Crippen LogP contribution in [0.1, 0.15) is 18.4 Å². The van der Waals surface area contributed by atoms with Crippen LogP contribution in [0.5, 0.6) is 0 Å². The Balaban J connectivity index is 1.91. The summed E-state index contributed by atoms with van der Waals surface area (Å²) in [5.74, 6) is 0.0408. The average molecular weight is 249 g/mol. The molecular formula is C14H19NO3. The van der Waals surface area contributed by atoms with Gasteiger partial charge in [-0.05, 0) is 18.4 Å². The van der Waals surface area contributed by atoms with Gasteiger partial charge in [0.05, 0.1) is 6.10 Å². The summed E-state index contributed by atoms with van der Waals surface area (Å²) in [4.78, 5) is 13.6. The number of hydrogen-bond acceptors (Lipinski definition) is 3. The van der Waals surface area contributed by atoms with Gasteiger partial charge in [0.25, 0.3) is 0 Å². The Hall–Kier alpha value is -1.39. The highest BCUT2D eigenvalue weighted by atomic mass is 16.5. The molecule has 1 saturated heterocycles. The summed E-state index contributed by atoms with van der Waals surface area (Å²) in [6, 6.07) is 9.96. The minimum atomic E-state index is 0.0408. The van der Waals surface area contributed by atoms with E-state index in [0.717, 1.165) is 18.4 Å². The molecule has 0 aliphatic carbocycles. The number of benzene rings is 1. The fraction of sp³-hybridized carbons (Fsp3) is 0.500. The SMILES string of the molecule is O=C1COC(CCCO)CN1Cc1ccccc1. The van der Waals surface area contributed by atoms with Gasteiger partial charge in [0.2, 0.25) is 5.91 Å². The number of ether oxygens (including phenoxy) is 1. The van der Waals surface area contributed by atoms with Gasteiger partial charge in [-0.2, -0.15) is 0 Å². The Morgan fingerprint density at radius 2 is 2.11 bits per heavy atom. The maximum atomic E-state index is 11.8. The van der Waals surface area contributed by atoms with Crippen LogP contribution in [0, 0.1) is 0 Å². The third-order valence-electron chi connectivity index (χ3n) is 3.12. The van der Waals surface area contributed by atoms with Gasteiger partial charge in [-0.3, -0.25) is 4.79 Å². The monoisotopic (exact) mass is 249 g/mol. The summed E-state index contributed by atoms with van der Waals surface area (Å²) in [7, 11) is 0. The van der Waals surface area contributed by atoms with Crippen molar-refractivity contribution in [2.75, 3.05) is 19.8 Å². The summed E-state index contributed by atoms with van der Waals surface area (Å²) in [6.45, 7) is 1.59. The van der Waals surface area contributed by atoms with Crippen molar-refractivity contribution < 1.29 is 14.6 Å². The van der Waals surface area contributed by atoms with Gasteiger partial charge in [0.1, 0.15) is 6.61 Å². The molecule has 0 radical (unpaired) electrons. The molecule has 2 rings (SSSR count). The van der Waals surface area contributed by atoms with Crippen molar-refractivity contribution in [3.05, 3.63) is 35.9 Å². The van der Waals surface area contributed by atoms with Crippen molar-refractivity contribution in [2.24, 2.45) is 0 Å². The molecule has 98 valence electrons. The molecule has 4 heteroatoms. The first kappa shape index (κ1) is 13.1. The lowest BCUT2D eigenvalue weighted by molar-refractivity contribution is -0.150. The number of carbonyl (C=O) groups excluding carboxylic acids is 1. The molecule has 18 heavy (non-hydrogen) atoms. The number of aliphatic hydroxyl groups excluding tert-OH is 1. The van der Waals surface area contributed by atoms with E-state index in [-0.39, 0.29) is 25.2 Å². The molecule has 1 unspecified atom stereocenters. The summed E-state index contributed by atoms with van der Waals surface area (Å²) in [6.07, 6.45) is 1.58. The van der Waals surface area contributed by atoms with Crippen LogP contribution >= 0.6 is 0 Å². The lowest BCUT2D eigenvalue weighted by Crippen LogP contribution is -2.46. The van der Waals surface area contributed by atoms with Crippen molar-refractivity contribution in [3.8, 4) is 0 Å². The molecule has 1 atom stereocenters. The summed E-state index contributed by atoms with van der Waals surface area (Å²) in [5.41, 5.74) is 1.13. The number of hydrogen-bond donors (Lipinski definition) is 1. The lowest BCUT2D eigenvalue weighted by atomic mass is 10.1. The van der Waals surface area contributed by atoms with Crippen LogP contribution in [-0.4, -0.2) is 41.8 Å². The minimum Gasteiger partial charge on any atom is -0.396 e. The van der Waals surface area contributed by atoms with Crippen LogP contribution in [0.15, 0.2) is 30.3 Å². The van der Waals surface area contributed by atoms with E-state index < -0.39 is 0 Å². The molecule has 1 aromatic carbocycles. The topological polar surface area (TPSA) is 49.8 Å². The third kappa shape index (κ3) is 3.55. The quantitative estimate of drug-likeness (QED) is 0.852. The summed E-state index contributed by atoms with van der Waals surface area (Å²) >= 11 is 0. The average Bonchev–Trinajstić information content (AvgIpc) is 2.41. The van der Waals surface area contributed by atoms with Crippen molar-refractivity contribution in [1.29, 1.82) is 0 Å². The van der Waals surface area contributed by atoms with Crippen molar-refractivity contribution >= 4 is 5.91 Å². The maximum absolute atomic E-state index is 11.8. The highest BCUT2D eigenvalue weighted by Gasteiger charge is 2.25. The number of rotatable bonds is 5. The molecule has 1 amide bonds. The first-order valence-corrected chi connectivity index (χ1v) is 6.34. The van der Waals surface area contributed by atoms with E-state index in [9.17, 15) is 4.79 Å². The third-order valence-corrected chi connectivity index (χ3v) is 3.12. The number of morpholine rings is 1. The van der Waals surface area contributed by atoms with Gasteiger partial charge in [-0.1, -0.05) is 30.3 Å². The highest BCUT2D eigenvalue weighted by molar-refractivity contribution is 5.78. The van der Waals surface area contributed by atoms with Crippen LogP contribution in [-0.2, 0) is 16.1 Å². The van der Waals surface area contributed by atoms with Crippen LogP contribution in [0.25, 0.3) is 0 Å². The molecule has 1 aromatic rings. The van der Waals surface area contributed by atoms with E-state index in [1.54, 1.807) is 0 Å². The fourth-order valence-corrected chi connectivity index (χ4v) is 2.13. The zero-order valence-electron chi connectivity index (χ0n) is 10.4. The molecule has 0 saturated carbocycles. The molecule has 0 aromatic heterocycles. The zero-order valence-corrected chi connectivity index (χ0v) is 10.4. The van der Waals surface area contributed by atoms with E-state index in [0.29, 0.717) is 13.1 Å². The summed E-state index contributed by atoms with van der Waals surface area (Å²) in [5, 5.41) is 8.81. The predicted molar refractivity (Wildman–Crippen MR) is 67.9 cm³/mol. The Morgan fingerprint density at radius 1 is 1.33 bits per heavy atom. The Morgan fingerprint density at radius 3 is 2.83 bits per heavy atom. The number of nitrogens with zero attached hydrogens (tertiary/aromatic N) is 1. The molecule has 1 aliphatic heterocycles. The zero-order chi connectivity index (χ0) is 12.8. The Labute approximate surface area is 107 Å². The van der Waals surface area contributed by atoms with Crippen LogP contribution in [0.3, 0.4) is 0 Å². The second-order valence-electron chi connectivity index (χ2n) is 4.56. The largest absolute Gasteiger partial charge is 0.396 e. The predicted octanol–water partition coefficient (Wildman–Crippen LogP) is 1.19. The van der Waals surface area contributed by atoms with Gasteiger partial charge in [-0.15, -0.1) is 0 Å². The van der Waals surface area contributed by atoms with Crippen molar-refractivity contribution in [2.45, 2.75) is 25.5 Å². The van der Waals surface area contributed by atoms with Gasteiger partial charge >= 0.3 is 0 Å². The van der Waals surface area contributed by atoms with Crippen LogP contribution in [0.4, 0.5) is 0 Å². The molecule has 4 nitrogen and oxygen atoms in total. The van der Waals surface area contributed by atoms with Gasteiger partial charge in [-0.25, -0.2) is 0 Å². The normalized spacial score (nSPS) is 20.2. The maximum Gasteiger partial charge on any atom is 0.248 e. The lowest BCUT2D eigenvalue weighted by Gasteiger charge is -2.32. The van der Waals surface area contributed by atoms with Gasteiger partial charge in [0, 0.05) is 19.7 Å². The molecule has 1 N–H and O–H groups in total. The highest BCUT2D eigenvalue weighted by Crippen LogP contribution is 2.14. The summed E-state index contributed by atoms with van der Waals surface area (Å²) < 4.78 is 5.46. The first-order chi connectivity index (χ1) is 8.79. The van der Waals surface area contributed by atoms with Crippen LogP contribution < -0.4 is 0 Å². The molecule has 1 fully saturated rings. The van der Waals surface area contributed by atoms with E-state index in [1.165, 1.54) is 0 Å². The van der Waals surface area contributed by atoms with Crippen molar-refractivity contribution in [3.63, 3.8) is 0 Å². The molecular weight excluding hydrogens is 230 g/mol. The van der Waals surface area contributed by atoms with Crippen molar-refractivity contribution in [1.82, 2.24) is 4.90 Å². The van der Waals surface area contributed by atoms with Gasteiger partial charge in [0.15, 0.2) is 0 Å². The van der Waals surface area contributed by atoms with Crippen LogP contribution in [0.2, 0.25) is 0 Å². The Kier molecular flexibility index (Phi) is 4.73. The second kappa shape index (κ2) is 6.52. The molecule has 0 spiro atoms. The minimum absolute atomic E-state index is 0.0408. The van der Waals surface area contributed by atoms with E-state index >= 15 is 0 Å². The number of carbonyl (C=O) groups is 1. The molecule has 0 bridgehead atoms. The number of aliphatic hydroxyl groups is 1. The van der Waals surface area contributed by atoms with E-state index in [1.807, 2.05) is 35.2 Å².